The van der Waals surface area contributed by atoms with Crippen molar-refractivity contribution >= 4 is 29.3 Å². The Morgan fingerprint density at radius 1 is 1.29 bits per heavy atom. The number of esters is 1. The molecule has 0 fully saturated rings. The lowest BCUT2D eigenvalue weighted by atomic mass is 10.3. The van der Waals surface area contributed by atoms with E-state index in [9.17, 15) is 9.59 Å². The van der Waals surface area contributed by atoms with Crippen LogP contribution in [0.2, 0.25) is 5.02 Å². The largest absolute Gasteiger partial charge is 0.469 e. The number of nitrogens with one attached hydrogen (secondary N) is 1. The molecule has 0 unspecified atom stereocenters. The summed E-state index contributed by atoms with van der Waals surface area (Å²) in [5.41, 5.74) is 0.608. The third-order valence-corrected chi connectivity index (χ3v) is 3.03. The highest BCUT2D eigenvalue weighted by atomic mass is 35.5. The molecule has 21 heavy (non-hydrogen) atoms. The number of halogens is 1. The standard InChI is InChI=1S/C14H19ClN2O4/c1-21-13(19)7-9-17(8-2-10-18)14(20)16-12-5-3-11(15)4-6-12/h3-6,18H,2,7-10H2,1H3,(H,16,20). The number of nitrogens with zero attached hydrogens (tertiary/aromatic N) is 1. The van der Waals surface area contributed by atoms with E-state index in [1.165, 1.54) is 12.0 Å². The zero-order valence-corrected chi connectivity index (χ0v) is 12.6. The number of amides is 2. The normalized spacial score (nSPS) is 10.0. The smallest absolute Gasteiger partial charge is 0.321 e. The van der Waals surface area contributed by atoms with Gasteiger partial charge in [0.1, 0.15) is 0 Å². The van der Waals surface area contributed by atoms with E-state index in [-0.39, 0.29) is 31.6 Å². The first-order valence-electron chi connectivity index (χ1n) is 6.56. The lowest BCUT2D eigenvalue weighted by Gasteiger charge is -2.22. The van der Waals surface area contributed by atoms with Gasteiger partial charge in [0.05, 0.1) is 13.5 Å². The van der Waals surface area contributed by atoms with E-state index in [0.717, 1.165) is 0 Å². The zero-order valence-electron chi connectivity index (χ0n) is 11.8. The Hall–Kier alpha value is -1.79. The van der Waals surface area contributed by atoms with Gasteiger partial charge in [0.15, 0.2) is 0 Å². The van der Waals surface area contributed by atoms with Crippen LogP contribution in [0, 0.1) is 0 Å². The van der Waals surface area contributed by atoms with Crippen LogP contribution in [-0.2, 0) is 9.53 Å². The summed E-state index contributed by atoms with van der Waals surface area (Å²) in [6, 6.07) is 6.37. The highest BCUT2D eigenvalue weighted by molar-refractivity contribution is 6.30. The molecule has 2 N–H and O–H groups in total. The van der Waals surface area contributed by atoms with E-state index in [1.807, 2.05) is 0 Å². The van der Waals surface area contributed by atoms with E-state index in [0.29, 0.717) is 23.7 Å². The number of benzene rings is 1. The molecular weight excluding hydrogens is 296 g/mol. The van der Waals surface area contributed by atoms with Crippen molar-refractivity contribution in [1.82, 2.24) is 4.90 Å². The molecule has 0 aliphatic heterocycles. The fourth-order valence-corrected chi connectivity index (χ4v) is 1.77. The summed E-state index contributed by atoms with van der Waals surface area (Å²) in [5, 5.41) is 12.2. The molecule has 0 aliphatic carbocycles. The topological polar surface area (TPSA) is 78.9 Å². The number of carbonyl (C=O) groups excluding carboxylic acids is 2. The number of hydrogen-bond donors (Lipinski definition) is 2. The van der Waals surface area contributed by atoms with Crippen LogP contribution >= 0.6 is 11.6 Å². The molecule has 1 aromatic rings. The number of ether oxygens (including phenoxy) is 1. The Kier molecular flexibility index (Phi) is 7.56. The summed E-state index contributed by atoms with van der Waals surface area (Å²) in [6.45, 7) is 0.558. The van der Waals surface area contributed by atoms with Crippen LogP contribution in [-0.4, -0.2) is 48.8 Å². The number of rotatable bonds is 7. The molecule has 0 radical (unpaired) electrons. The molecule has 0 atom stereocenters. The molecule has 2 amide bonds. The van der Waals surface area contributed by atoms with Gasteiger partial charge in [0.25, 0.3) is 0 Å². The first kappa shape index (κ1) is 17.3. The van der Waals surface area contributed by atoms with Crippen molar-refractivity contribution in [3.8, 4) is 0 Å². The maximum atomic E-state index is 12.2. The van der Waals surface area contributed by atoms with Crippen LogP contribution in [0.1, 0.15) is 12.8 Å². The van der Waals surface area contributed by atoms with E-state index in [1.54, 1.807) is 24.3 Å². The van der Waals surface area contributed by atoms with Crippen molar-refractivity contribution in [1.29, 1.82) is 0 Å². The number of methoxy groups -OCH3 is 1. The zero-order chi connectivity index (χ0) is 15.7. The van der Waals surface area contributed by atoms with Gasteiger partial charge in [0.2, 0.25) is 0 Å². The summed E-state index contributed by atoms with van der Waals surface area (Å²) >= 11 is 5.78. The summed E-state index contributed by atoms with van der Waals surface area (Å²) in [4.78, 5) is 24.8. The Balaban J connectivity index is 2.60. The third kappa shape index (κ3) is 6.46. The van der Waals surface area contributed by atoms with Crippen LogP contribution in [0.4, 0.5) is 10.5 Å². The first-order chi connectivity index (χ1) is 10.1. The second-order valence-corrected chi connectivity index (χ2v) is 4.76. The van der Waals surface area contributed by atoms with Crippen molar-refractivity contribution in [2.24, 2.45) is 0 Å². The Morgan fingerprint density at radius 3 is 2.52 bits per heavy atom. The highest BCUT2D eigenvalue weighted by Crippen LogP contribution is 2.14. The minimum Gasteiger partial charge on any atom is -0.469 e. The Labute approximate surface area is 128 Å². The molecule has 0 saturated heterocycles. The predicted octanol–water partition coefficient (Wildman–Crippen LogP) is 2.12. The van der Waals surface area contributed by atoms with Gasteiger partial charge in [-0.15, -0.1) is 0 Å². The van der Waals surface area contributed by atoms with Crippen LogP contribution in [0.15, 0.2) is 24.3 Å². The summed E-state index contributed by atoms with van der Waals surface area (Å²) in [6.07, 6.45) is 0.547. The highest BCUT2D eigenvalue weighted by Gasteiger charge is 2.15. The molecule has 0 spiro atoms. The second kappa shape index (κ2) is 9.20. The number of carbonyl (C=O) groups is 2. The molecule has 0 bridgehead atoms. The van der Waals surface area contributed by atoms with E-state index >= 15 is 0 Å². The van der Waals surface area contributed by atoms with Crippen molar-refractivity contribution < 1.29 is 19.4 Å². The fourth-order valence-electron chi connectivity index (χ4n) is 1.64. The number of aliphatic hydroxyl groups excluding tert-OH is 1. The number of anilines is 1. The lowest BCUT2D eigenvalue weighted by Crippen LogP contribution is -2.37. The van der Waals surface area contributed by atoms with Crippen LogP contribution in [0.5, 0.6) is 0 Å². The SMILES string of the molecule is COC(=O)CCN(CCCO)C(=O)Nc1ccc(Cl)cc1. The quantitative estimate of drug-likeness (QED) is 0.756. The molecule has 116 valence electrons. The maximum Gasteiger partial charge on any atom is 0.321 e. The second-order valence-electron chi connectivity index (χ2n) is 4.33. The molecule has 1 aromatic carbocycles. The predicted molar refractivity (Wildman–Crippen MR) is 80.4 cm³/mol. The van der Waals surface area contributed by atoms with Crippen molar-refractivity contribution in [3.05, 3.63) is 29.3 Å². The van der Waals surface area contributed by atoms with Crippen molar-refractivity contribution in [2.45, 2.75) is 12.8 Å². The van der Waals surface area contributed by atoms with E-state index in [4.69, 9.17) is 16.7 Å². The van der Waals surface area contributed by atoms with Crippen molar-refractivity contribution in [3.63, 3.8) is 0 Å². The molecular formula is C14H19ClN2O4. The summed E-state index contributed by atoms with van der Waals surface area (Å²) in [7, 11) is 1.30. The van der Waals surface area contributed by atoms with Crippen LogP contribution in [0.25, 0.3) is 0 Å². The Bertz CT molecular complexity index is 465. The first-order valence-corrected chi connectivity index (χ1v) is 6.93. The monoisotopic (exact) mass is 314 g/mol. The maximum absolute atomic E-state index is 12.2. The van der Waals surface area contributed by atoms with Crippen LogP contribution in [0.3, 0.4) is 0 Å². The van der Waals surface area contributed by atoms with E-state index < -0.39 is 0 Å². The van der Waals surface area contributed by atoms with E-state index in [2.05, 4.69) is 10.1 Å². The Morgan fingerprint density at radius 2 is 1.95 bits per heavy atom. The molecule has 0 saturated carbocycles. The number of aliphatic hydroxyl groups is 1. The summed E-state index contributed by atoms with van der Waals surface area (Å²) in [5.74, 6) is -0.386. The minimum absolute atomic E-state index is 0.0249. The lowest BCUT2D eigenvalue weighted by molar-refractivity contribution is -0.140. The molecule has 6 nitrogen and oxygen atoms in total. The van der Waals surface area contributed by atoms with Gasteiger partial charge in [-0.05, 0) is 30.7 Å². The number of hydrogen-bond acceptors (Lipinski definition) is 4. The van der Waals surface area contributed by atoms with Gasteiger partial charge in [-0.1, -0.05) is 11.6 Å². The van der Waals surface area contributed by atoms with Gasteiger partial charge >= 0.3 is 12.0 Å². The van der Waals surface area contributed by atoms with Gasteiger partial charge < -0.3 is 20.1 Å². The van der Waals surface area contributed by atoms with Gasteiger partial charge in [-0.3, -0.25) is 4.79 Å². The summed E-state index contributed by atoms with van der Waals surface area (Å²) < 4.78 is 4.55. The molecule has 0 heterocycles. The molecule has 0 aromatic heterocycles. The molecule has 0 aliphatic rings. The average Bonchev–Trinajstić information content (AvgIpc) is 2.49. The van der Waals surface area contributed by atoms with Gasteiger partial charge in [-0.2, -0.15) is 0 Å². The molecule has 1 rings (SSSR count). The fraction of sp³-hybridized carbons (Fsp3) is 0.429. The average molecular weight is 315 g/mol. The van der Waals surface area contributed by atoms with Crippen molar-refractivity contribution in [2.75, 3.05) is 32.1 Å². The molecule has 7 heteroatoms. The van der Waals surface area contributed by atoms with Gasteiger partial charge in [0, 0.05) is 30.4 Å². The minimum atomic E-state index is -0.386. The third-order valence-electron chi connectivity index (χ3n) is 2.78. The van der Waals surface area contributed by atoms with Gasteiger partial charge in [-0.25, -0.2) is 4.79 Å². The number of urea groups is 1. The van der Waals surface area contributed by atoms with Crippen LogP contribution < -0.4 is 5.32 Å².